The fraction of sp³-hybridized carbons (Fsp3) is 0.375. The summed E-state index contributed by atoms with van der Waals surface area (Å²) in [6.07, 6.45) is 0.0635. The van der Waals surface area contributed by atoms with Gasteiger partial charge in [-0.05, 0) is 71.0 Å². The molecule has 2 bridgehead atoms. The lowest BCUT2D eigenvalue weighted by Gasteiger charge is -2.37. The van der Waals surface area contributed by atoms with Crippen LogP contribution in [0.3, 0.4) is 0 Å². The molecule has 0 aromatic heterocycles. The molecule has 0 radical (unpaired) electrons. The molecule has 0 N–H and O–H groups in total. The molecule has 3 aliphatic carbocycles. The maximum Gasteiger partial charge on any atom is 0.338 e. The van der Waals surface area contributed by atoms with Gasteiger partial charge < -0.3 is 9.47 Å². The summed E-state index contributed by atoms with van der Waals surface area (Å²) in [5.41, 5.74) is 5.17. The van der Waals surface area contributed by atoms with Crippen molar-refractivity contribution in [1.29, 1.82) is 0 Å². The molecule has 2 saturated carbocycles. The summed E-state index contributed by atoms with van der Waals surface area (Å²) < 4.78 is 12.4. The van der Waals surface area contributed by atoms with Gasteiger partial charge in [-0.1, -0.05) is 75.4 Å². The SMILES string of the molecule is CC(C)c1ccc2c(c1)C1C(C2)C2C(C)C1C(OC(=O)c1ccccc1)C2OC(=O)c1ccccc1. The molecule has 0 heterocycles. The predicted molar refractivity (Wildman–Crippen MR) is 138 cm³/mol. The molecule has 0 spiro atoms. The molecule has 2 fully saturated rings. The van der Waals surface area contributed by atoms with Crippen molar-refractivity contribution >= 4 is 11.9 Å². The Kier molecular flexibility index (Phi) is 5.70. The van der Waals surface area contributed by atoms with Gasteiger partial charge in [0.15, 0.2) is 0 Å². The fourth-order valence-electron chi connectivity index (χ4n) is 7.23. The number of esters is 2. The number of hydrogen-bond donors (Lipinski definition) is 0. The van der Waals surface area contributed by atoms with E-state index < -0.39 is 12.2 Å². The average Bonchev–Trinajstić information content (AvgIpc) is 3.48. The van der Waals surface area contributed by atoms with Gasteiger partial charge in [-0.2, -0.15) is 0 Å². The quantitative estimate of drug-likeness (QED) is 0.396. The van der Waals surface area contributed by atoms with Gasteiger partial charge in [0.05, 0.1) is 11.1 Å². The number of fused-ring (bicyclic) bond motifs is 7. The summed E-state index contributed by atoms with van der Waals surface area (Å²) in [6, 6.07) is 25.1. The van der Waals surface area contributed by atoms with Crippen molar-refractivity contribution < 1.29 is 19.1 Å². The van der Waals surface area contributed by atoms with Crippen molar-refractivity contribution in [3.63, 3.8) is 0 Å². The summed E-state index contributed by atoms with van der Waals surface area (Å²) in [4.78, 5) is 26.4. The molecule has 6 rings (SSSR count). The van der Waals surface area contributed by atoms with Crippen LogP contribution in [0, 0.1) is 23.7 Å². The third kappa shape index (κ3) is 3.66. The zero-order valence-electron chi connectivity index (χ0n) is 21.0. The van der Waals surface area contributed by atoms with Crippen LogP contribution < -0.4 is 0 Å². The lowest BCUT2D eigenvalue weighted by Crippen LogP contribution is -2.45. The molecule has 7 unspecified atom stereocenters. The zero-order chi connectivity index (χ0) is 25.0. The van der Waals surface area contributed by atoms with Crippen molar-refractivity contribution in [2.75, 3.05) is 0 Å². The summed E-state index contributed by atoms with van der Waals surface area (Å²) in [6.45, 7) is 6.70. The highest BCUT2D eigenvalue weighted by Crippen LogP contribution is 2.65. The van der Waals surface area contributed by atoms with Gasteiger partial charge in [0.2, 0.25) is 0 Å². The highest BCUT2D eigenvalue weighted by atomic mass is 16.6. The molecule has 3 aromatic carbocycles. The Morgan fingerprint density at radius 2 is 1.33 bits per heavy atom. The van der Waals surface area contributed by atoms with E-state index in [1.807, 2.05) is 36.4 Å². The third-order valence-electron chi connectivity index (χ3n) is 8.82. The van der Waals surface area contributed by atoms with Crippen LogP contribution in [0.1, 0.15) is 70.0 Å². The average molecular weight is 481 g/mol. The van der Waals surface area contributed by atoms with Gasteiger partial charge in [0.1, 0.15) is 12.2 Å². The topological polar surface area (TPSA) is 52.6 Å². The summed E-state index contributed by atoms with van der Waals surface area (Å²) in [5, 5.41) is 0. The van der Waals surface area contributed by atoms with Gasteiger partial charge in [0, 0.05) is 11.8 Å². The second-order valence-corrected chi connectivity index (χ2v) is 11.0. The van der Waals surface area contributed by atoms with E-state index in [4.69, 9.17) is 9.47 Å². The molecule has 184 valence electrons. The van der Waals surface area contributed by atoms with Crippen molar-refractivity contribution in [3.8, 4) is 0 Å². The first kappa shape index (κ1) is 23.0. The lowest BCUT2D eigenvalue weighted by atomic mass is 9.76. The highest BCUT2D eigenvalue weighted by Gasteiger charge is 2.67. The maximum absolute atomic E-state index is 13.2. The summed E-state index contributed by atoms with van der Waals surface area (Å²) >= 11 is 0. The normalized spacial score (nSPS) is 29.6. The van der Waals surface area contributed by atoms with Gasteiger partial charge in [-0.15, -0.1) is 0 Å². The lowest BCUT2D eigenvalue weighted by molar-refractivity contribution is -0.0698. The van der Waals surface area contributed by atoms with E-state index in [-0.39, 0.29) is 29.7 Å². The Morgan fingerprint density at radius 1 is 0.778 bits per heavy atom. The van der Waals surface area contributed by atoms with Crippen LogP contribution in [0.4, 0.5) is 0 Å². The van der Waals surface area contributed by atoms with E-state index in [0.29, 0.717) is 28.9 Å². The van der Waals surface area contributed by atoms with E-state index in [1.165, 1.54) is 16.7 Å². The number of carbonyl (C=O) groups is 2. The molecule has 0 amide bonds. The molecular formula is C32H32O4. The first-order valence-corrected chi connectivity index (χ1v) is 13.1. The van der Waals surface area contributed by atoms with Crippen LogP contribution in [0.25, 0.3) is 0 Å². The Bertz CT molecular complexity index is 1280. The van der Waals surface area contributed by atoms with Crippen LogP contribution >= 0.6 is 0 Å². The van der Waals surface area contributed by atoms with Gasteiger partial charge >= 0.3 is 11.9 Å². The van der Waals surface area contributed by atoms with Crippen molar-refractivity contribution in [2.45, 2.75) is 51.2 Å². The van der Waals surface area contributed by atoms with E-state index in [2.05, 4.69) is 39.0 Å². The van der Waals surface area contributed by atoms with E-state index in [9.17, 15) is 9.59 Å². The molecule has 0 aliphatic heterocycles. The molecule has 4 heteroatoms. The fourth-order valence-corrected chi connectivity index (χ4v) is 7.23. The first-order chi connectivity index (χ1) is 17.4. The standard InChI is InChI=1S/C32H32O4/c1-18(2)22-14-15-23-17-25-26-19(3)27(28(25)24(23)16-22)30(36-32(34)21-12-8-5-9-13-21)29(26)35-31(33)20-10-6-4-7-11-20/h4-16,18-19,25-30H,17H2,1-3H3. The van der Waals surface area contributed by atoms with Crippen molar-refractivity contribution in [1.82, 2.24) is 0 Å². The van der Waals surface area contributed by atoms with E-state index in [1.54, 1.807) is 24.3 Å². The Balaban J connectivity index is 1.36. The van der Waals surface area contributed by atoms with Gasteiger partial charge in [-0.25, -0.2) is 9.59 Å². The first-order valence-electron chi connectivity index (χ1n) is 13.1. The molecule has 3 aromatic rings. The Hall–Kier alpha value is -3.40. The highest BCUT2D eigenvalue weighted by molar-refractivity contribution is 5.90. The number of benzene rings is 3. The Morgan fingerprint density at radius 3 is 1.89 bits per heavy atom. The predicted octanol–water partition coefficient (Wildman–Crippen LogP) is 6.41. The van der Waals surface area contributed by atoms with Crippen LogP contribution in [0.5, 0.6) is 0 Å². The molecule has 36 heavy (non-hydrogen) atoms. The zero-order valence-corrected chi connectivity index (χ0v) is 21.0. The summed E-state index contributed by atoms with van der Waals surface area (Å²) in [7, 11) is 0. The number of ether oxygens (including phenoxy) is 2. The Labute approximate surface area is 212 Å². The molecular weight excluding hydrogens is 448 g/mol. The minimum Gasteiger partial charge on any atom is -0.454 e. The van der Waals surface area contributed by atoms with Crippen LogP contribution in [-0.2, 0) is 15.9 Å². The van der Waals surface area contributed by atoms with E-state index >= 15 is 0 Å². The van der Waals surface area contributed by atoms with Crippen LogP contribution in [0.2, 0.25) is 0 Å². The van der Waals surface area contributed by atoms with Gasteiger partial charge in [-0.3, -0.25) is 0 Å². The van der Waals surface area contributed by atoms with Gasteiger partial charge in [0.25, 0.3) is 0 Å². The molecule has 0 saturated heterocycles. The monoisotopic (exact) mass is 480 g/mol. The largest absolute Gasteiger partial charge is 0.454 e. The van der Waals surface area contributed by atoms with E-state index in [0.717, 1.165) is 6.42 Å². The van der Waals surface area contributed by atoms with Crippen molar-refractivity contribution in [2.24, 2.45) is 23.7 Å². The molecule has 7 atom stereocenters. The smallest absolute Gasteiger partial charge is 0.338 e. The second-order valence-electron chi connectivity index (χ2n) is 11.0. The minimum absolute atomic E-state index is 0.116. The second kappa shape index (κ2) is 8.92. The maximum atomic E-state index is 13.2. The third-order valence-corrected chi connectivity index (χ3v) is 8.82. The van der Waals surface area contributed by atoms with Crippen molar-refractivity contribution in [3.05, 3.63) is 107 Å². The summed E-state index contributed by atoms with van der Waals surface area (Å²) in [5.74, 6) is 1.01. The molecule has 3 aliphatic rings. The minimum atomic E-state index is -0.472. The van der Waals surface area contributed by atoms with Crippen LogP contribution in [-0.4, -0.2) is 24.1 Å². The number of hydrogen-bond acceptors (Lipinski definition) is 4. The molecule has 4 nitrogen and oxygen atoms in total. The van der Waals surface area contributed by atoms with Crippen LogP contribution in [0.15, 0.2) is 78.9 Å². The number of rotatable bonds is 5. The number of carbonyl (C=O) groups excluding carboxylic acids is 2.